The molecule has 3 nitrogen and oxygen atoms in total. The van der Waals surface area contributed by atoms with E-state index in [1.165, 1.54) is 5.56 Å². The largest absolute Gasteiger partial charge is 0.508 e. The van der Waals surface area contributed by atoms with E-state index in [0.717, 1.165) is 24.8 Å². The van der Waals surface area contributed by atoms with Gasteiger partial charge in [0.1, 0.15) is 11.3 Å². The zero-order valence-electron chi connectivity index (χ0n) is 11.2. The van der Waals surface area contributed by atoms with Crippen LogP contribution in [0.1, 0.15) is 51.2 Å². The van der Waals surface area contributed by atoms with Gasteiger partial charge in [-0.15, -0.1) is 0 Å². The Balaban J connectivity index is 2.49. The maximum atomic E-state index is 10.5. The summed E-state index contributed by atoms with van der Waals surface area (Å²) in [4.78, 5) is 14.4. The molecule has 0 amide bonds. The second-order valence-corrected chi connectivity index (χ2v) is 5.70. The van der Waals surface area contributed by atoms with Gasteiger partial charge >= 0.3 is 0 Å². The highest BCUT2D eigenvalue weighted by Gasteiger charge is 2.47. The summed E-state index contributed by atoms with van der Waals surface area (Å²) in [6.07, 6.45) is 4.27. The molecular weight excluding hydrogens is 226 g/mol. The number of aliphatic imine (C=N–C) groups is 1. The summed E-state index contributed by atoms with van der Waals surface area (Å²) >= 11 is 0. The van der Waals surface area contributed by atoms with E-state index in [9.17, 15) is 9.90 Å². The number of phenols is 1. The fourth-order valence-electron chi connectivity index (χ4n) is 2.18. The molecule has 1 aromatic rings. The lowest BCUT2D eigenvalue weighted by Crippen LogP contribution is -2.16. The Morgan fingerprint density at radius 3 is 2.61 bits per heavy atom. The van der Waals surface area contributed by atoms with Crippen molar-refractivity contribution in [2.24, 2.45) is 4.99 Å². The van der Waals surface area contributed by atoms with Crippen molar-refractivity contribution in [1.82, 2.24) is 0 Å². The second kappa shape index (κ2) is 4.25. The molecule has 0 spiro atoms. The first-order valence-corrected chi connectivity index (χ1v) is 6.38. The van der Waals surface area contributed by atoms with E-state index in [-0.39, 0.29) is 11.2 Å². The summed E-state index contributed by atoms with van der Waals surface area (Å²) < 4.78 is 0. The Labute approximate surface area is 108 Å². The summed E-state index contributed by atoms with van der Waals surface area (Å²) in [5.41, 5.74) is 1.49. The quantitative estimate of drug-likeness (QED) is 0.652. The van der Waals surface area contributed by atoms with Crippen LogP contribution in [0.2, 0.25) is 0 Å². The molecule has 96 valence electrons. The van der Waals surface area contributed by atoms with E-state index in [4.69, 9.17) is 0 Å². The molecule has 1 aliphatic carbocycles. The smallest absolute Gasteiger partial charge is 0.235 e. The van der Waals surface area contributed by atoms with Crippen molar-refractivity contribution in [3.05, 3.63) is 29.3 Å². The number of benzene rings is 1. The van der Waals surface area contributed by atoms with Gasteiger partial charge in [0.25, 0.3) is 0 Å². The molecule has 0 aliphatic heterocycles. The van der Waals surface area contributed by atoms with Crippen LogP contribution in [-0.4, -0.2) is 11.2 Å². The second-order valence-electron chi connectivity index (χ2n) is 5.70. The van der Waals surface area contributed by atoms with Gasteiger partial charge in [0, 0.05) is 5.56 Å². The highest BCUT2D eigenvalue weighted by Crippen LogP contribution is 2.52. The monoisotopic (exact) mass is 245 g/mol. The van der Waals surface area contributed by atoms with Crippen LogP contribution in [-0.2, 0) is 15.7 Å². The molecule has 1 fully saturated rings. The Hall–Kier alpha value is -1.60. The van der Waals surface area contributed by atoms with Gasteiger partial charge < -0.3 is 5.11 Å². The number of nitrogens with zero attached hydrogens (tertiary/aromatic N) is 1. The maximum absolute atomic E-state index is 10.5. The summed E-state index contributed by atoms with van der Waals surface area (Å²) in [5, 5.41) is 9.99. The Morgan fingerprint density at radius 1 is 1.44 bits per heavy atom. The van der Waals surface area contributed by atoms with Crippen LogP contribution in [0, 0.1) is 0 Å². The zero-order valence-corrected chi connectivity index (χ0v) is 11.2. The molecule has 18 heavy (non-hydrogen) atoms. The summed E-state index contributed by atoms with van der Waals surface area (Å²) in [7, 11) is 0. The third kappa shape index (κ3) is 2.06. The molecule has 0 bridgehead atoms. The minimum absolute atomic E-state index is 0.0590. The first-order valence-electron chi connectivity index (χ1n) is 6.38. The fraction of sp³-hybridized carbons (Fsp3) is 0.533. The van der Waals surface area contributed by atoms with Gasteiger partial charge in [0.15, 0.2) is 0 Å². The normalized spacial score (nSPS) is 17.1. The molecule has 0 unspecified atom stereocenters. The van der Waals surface area contributed by atoms with Crippen molar-refractivity contribution in [3.63, 3.8) is 0 Å². The third-order valence-electron chi connectivity index (χ3n) is 4.15. The van der Waals surface area contributed by atoms with Crippen LogP contribution in [0.25, 0.3) is 0 Å². The molecule has 0 aromatic heterocycles. The SMILES string of the molecule is CCC(C)(C)c1ccc(O)c(C2(N=C=O)CC2)c1. The van der Waals surface area contributed by atoms with Gasteiger partial charge in [0.2, 0.25) is 6.08 Å². The Bertz CT molecular complexity index is 509. The van der Waals surface area contributed by atoms with E-state index >= 15 is 0 Å². The molecular formula is C15H19NO2. The predicted octanol–water partition coefficient (Wildman–Crippen LogP) is 3.40. The van der Waals surface area contributed by atoms with Crippen molar-refractivity contribution in [2.45, 2.75) is 51.0 Å². The number of carbonyl (C=O) groups excluding carboxylic acids is 1. The predicted molar refractivity (Wildman–Crippen MR) is 70.5 cm³/mol. The third-order valence-corrected chi connectivity index (χ3v) is 4.15. The molecule has 3 heteroatoms. The highest BCUT2D eigenvalue weighted by molar-refractivity contribution is 5.49. The van der Waals surface area contributed by atoms with Gasteiger partial charge in [-0.3, -0.25) is 0 Å². The average molecular weight is 245 g/mol. The number of hydrogen-bond acceptors (Lipinski definition) is 3. The summed E-state index contributed by atoms with van der Waals surface area (Å²) in [6.45, 7) is 6.49. The van der Waals surface area contributed by atoms with Crippen molar-refractivity contribution in [1.29, 1.82) is 0 Å². The standard InChI is InChI=1S/C15H19NO2/c1-4-14(2,3)11-5-6-13(18)12(9-11)15(7-8-15)16-10-17/h5-6,9,18H,4,7-8H2,1-3H3. The Kier molecular flexibility index (Phi) is 3.04. The van der Waals surface area contributed by atoms with Crippen molar-refractivity contribution in [2.75, 3.05) is 0 Å². The number of hydrogen-bond donors (Lipinski definition) is 1. The lowest BCUT2D eigenvalue weighted by atomic mass is 9.81. The van der Waals surface area contributed by atoms with E-state index in [2.05, 4.69) is 25.8 Å². The molecule has 1 aromatic carbocycles. The van der Waals surface area contributed by atoms with Crippen LogP contribution in [0.5, 0.6) is 5.75 Å². The van der Waals surface area contributed by atoms with Crippen molar-refractivity contribution in [3.8, 4) is 5.75 Å². The maximum Gasteiger partial charge on any atom is 0.235 e. The molecule has 1 aliphatic rings. The van der Waals surface area contributed by atoms with Gasteiger partial charge in [-0.25, -0.2) is 4.79 Å². The molecule has 1 saturated carbocycles. The molecule has 0 atom stereocenters. The number of rotatable bonds is 4. The first kappa shape index (κ1) is 12.8. The van der Waals surface area contributed by atoms with Crippen LogP contribution < -0.4 is 0 Å². The minimum atomic E-state index is -0.508. The van der Waals surface area contributed by atoms with Gasteiger partial charge in [-0.05, 0) is 42.4 Å². The van der Waals surface area contributed by atoms with Gasteiger partial charge in [0.05, 0.1) is 0 Å². The van der Waals surface area contributed by atoms with Crippen molar-refractivity contribution < 1.29 is 9.90 Å². The summed E-state index contributed by atoms with van der Waals surface area (Å²) in [5.74, 6) is 0.224. The van der Waals surface area contributed by atoms with Crippen LogP contribution in [0.15, 0.2) is 23.2 Å². The fourth-order valence-corrected chi connectivity index (χ4v) is 2.18. The molecule has 0 heterocycles. The number of isocyanates is 1. The van der Waals surface area contributed by atoms with Crippen LogP contribution in [0.3, 0.4) is 0 Å². The first-order chi connectivity index (χ1) is 8.45. The summed E-state index contributed by atoms with van der Waals surface area (Å²) in [6, 6.07) is 5.65. The van der Waals surface area contributed by atoms with Gasteiger partial charge in [-0.2, -0.15) is 4.99 Å². The van der Waals surface area contributed by atoms with E-state index in [1.807, 2.05) is 12.1 Å². The molecule has 0 saturated heterocycles. The van der Waals surface area contributed by atoms with Crippen LogP contribution in [0.4, 0.5) is 0 Å². The molecule has 0 radical (unpaired) electrons. The lowest BCUT2D eigenvalue weighted by Gasteiger charge is -2.25. The van der Waals surface area contributed by atoms with E-state index in [1.54, 1.807) is 12.1 Å². The Morgan fingerprint density at radius 2 is 2.11 bits per heavy atom. The molecule has 2 rings (SSSR count). The van der Waals surface area contributed by atoms with E-state index in [0.29, 0.717) is 0 Å². The average Bonchev–Trinajstić information content (AvgIpc) is 3.10. The van der Waals surface area contributed by atoms with E-state index < -0.39 is 5.54 Å². The number of phenolic OH excluding ortho intramolecular Hbond substituents is 1. The zero-order chi connectivity index (χ0) is 13.4. The number of aromatic hydroxyl groups is 1. The molecule has 1 N–H and O–H groups in total. The highest BCUT2D eigenvalue weighted by atomic mass is 16.3. The topological polar surface area (TPSA) is 49.7 Å². The van der Waals surface area contributed by atoms with Gasteiger partial charge in [-0.1, -0.05) is 26.8 Å². The van der Waals surface area contributed by atoms with Crippen LogP contribution >= 0.6 is 0 Å². The lowest BCUT2D eigenvalue weighted by molar-refractivity contribution is 0.455. The minimum Gasteiger partial charge on any atom is -0.508 e. The van der Waals surface area contributed by atoms with Crippen molar-refractivity contribution >= 4 is 6.08 Å².